The molecule has 3 N–H and O–H groups in total. The highest BCUT2D eigenvalue weighted by Gasteiger charge is 2.48. The standard InChI is InChI=1S/C22H25F2NO3/c23-18-4-1-15(20(24)7-18)8-22(28)9-16-11-25(12-17(16)10-22)13-21(27)14-2-5-19(26)6-3-14/h1-7,16-17,21,26-28H,8-13H2. The summed E-state index contributed by atoms with van der Waals surface area (Å²) < 4.78 is 27.0. The van der Waals surface area contributed by atoms with E-state index in [9.17, 15) is 24.1 Å². The number of aromatic hydroxyl groups is 1. The summed E-state index contributed by atoms with van der Waals surface area (Å²) in [7, 11) is 0. The van der Waals surface area contributed by atoms with Crippen molar-refractivity contribution in [2.45, 2.75) is 31.0 Å². The van der Waals surface area contributed by atoms with E-state index in [0.29, 0.717) is 36.8 Å². The van der Waals surface area contributed by atoms with Crippen molar-refractivity contribution in [3.8, 4) is 5.75 Å². The normalized spacial score (nSPS) is 28.4. The smallest absolute Gasteiger partial charge is 0.129 e. The topological polar surface area (TPSA) is 63.9 Å². The minimum Gasteiger partial charge on any atom is -0.508 e. The molecule has 0 radical (unpaired) electrons. The summed E-state index contributed by atoms with van der Waals surface area (Å²) in [6.07, 6.45) is 0.731. The number of likely N-dealkylation sites (tertiary alicyclic amines) is 1. The minimum atomic E-state index is -0.963. The number of rotatable bonds is 5. The second-order valence-corrected chi connectivity index (χ2v) is 8.39. The molecule has 1 heterocycles. The summed E-state index contributed by atoms with van der Waals surface area (Å²) in [6.45, 7) is 2.07. The predicted octanol–water partition coefficient (Wildman–Crippen LogP) is 3.02. The van der Waals surface area contributed by atoms with E-state index >= 15 is 0 Å². The lowest BCUT2D eigenvalue weighted by atomic mass is 9.91. The van der Waals surface area contributed by atoms with E-state index in [1.165, 1.54) is 12.1 Å². The van der Waals surface area contributed by atoms with Crippen molar-refractivity contribution in [1.82, 2.24) is 4.90 Å². The number of phenols is 1. The Labute approximate surface area is 163 Å². The first kappa shape index (κ1) is 19.3. The van der Waals surface area contributed by atoms with Crippen LogP contribution in [0.4, 0.5) is 8.78 Å². The first-order valence-electron chi connectivity index (χ1n) is 9.67. The van der Waals surface area contributed by atoms with Crippen LogP contribution in [0.15, 0.2) is 42.5 Å². The fraction of sp³-hybridized carbons (Fsp3) is 0.455. The average molecular weight is 389 g/mol. The number of benzene rings is 2. The Bertz CT molecular complexity index is 828. The van der Waals surface area contributed by atoms with Gasteiger partial charge in [-0.15, -0.1) is 0 Å². The molecule has 6 heteroatoms. The van der Waals surface area contributed by atoms with Crippen LogP contribution in [0.25, 0.3) is 0 Å². The zero-order valence-corrected chi connectivity index (χ0v) is 15.6. The molecule has 2 aromatic rings. The van der Waals surface area contributed by atoms with Gasteiger partial charge < -0.3 is 15.3 Å². The van der Waals surface area contributed by atoms with Gasteiger partial charge in [-0.25, -0.2) is 8.78 Å². The molecule has 0 aromatic heterocycles. The van der Waals surface area contributed by atoms with Crippen LogP contribution in [-0.2, 0) is 6.42 Å². The second-order valence-electron chi connectivity index (χ2n) is 8.39. The molecule has 4 rings (SSSR count). The van der Waals surface area contributed by atoms with Crippen LogP contribution in [-0.4, -0.2) is 45.5 Å². The molecule has 0 bridgehead atoms. The van der Waals surface area contributed by atoms with Gasteiger partial charge in [0.1, 0.15) is 17.4 Å². The number of aliphatic hydroxyl groups is 2. The van der Waals surface area contributed by atoms with E-state index in [1.54, 1.807) is 24.3 Å². The van der Waals surface area contributed by atoms with Gasteiger partial charge in [0.25, 0.3) is 0 Å². The Morgan fingerprint density at radius 2 is 1.68 bits per heavy atom. The van der Waals surface area contributed by atoms with E-state index in [-0.39, 0.29) is 12.2 Å². The Balaban J connectivity index is 1.34. The van der Waals surface area contributed by atoms with Crippen molar-refractivity contribution in [3.05, 3.63) is 65.2 Å². The lowest BCUT2D eigenvalue weighted by Crippen LogP contribution is -2.33. The van der Waals surface area contributed by atoms with Crippen molar-refractivity contribution in [2.24, 2.45) is 11.8 Å². The molecule has 2 aliphatic rings. The second kappa shape index (κ2) is 7.43. The summed E-state index contributed by atoms with van der Waals surface area (Å²) >= 11 is 0. The minimum absolute atomic E-state index is 0.170. The molecule has 3 unspecified atom stereocenters. The molecule has 0 spiro atoms. The number of phenolic OH excluding ortho intramolecular Hbond substituents is 1. The number of β-amino-alcohol motifs (C(OH)–C–C–N with tert-alkyl or cyclic N) is 1. The van der Waals surface area contributed by atoms with Crippen molar-refractivity contribution >= 4 is 0 Å². The first-order chi connectivity index (χ1) is 13.3. The fourth-order valence-electron chi connectivity index (χ4n) is 4.92. The van der Waals surface area contributed by atoms with Gasteiger partial charge in [-0.05, 0) is 54.0 Å². The molecule has 150 valence electrons. The van der Waals surface area contributed by atoms with E-state index in [1.807, 2.05) is 0 Å². The molecule has 3 atom stereocenters. The lowest BCUT2D eigenvalue weighted by Gasteiger charge is -2.27. The third kappa shape index (κ3) is 4.04. The average Bonchev–Trinajstić information content (AvgIpc) is 3.12. The maximum Gasteiger partial charge on any atom is 0.129 e. The SMILES string of the molecule is Oc1ccc(C(O)CN2CC3CC(O)(Cc4ccc(F)cc4F)CC3C2)cc1. The quantitative estimate of drug-likeness (QED) is 0.736. The Morgan fingerprint density at radius 1 is 1.04 bits per heavy atom. The van der Waals surface area contributed by atoms with E-state index in [0.717, 1.165) is 24.7 Å². The summed E-state index contributed by atoms with van der Waals surface area (Å²) in [5, 5.41) is 30.8. The molecule has 1 aliphatic heterocycles. The van der Waals surface area contributed by atoms with Gasteiger partial charge in [-0.1, -0.05) is 18.2 Å². The highest BCUT2D eigenvalue weighted by molar-refractivity contribution is 5.27. The molecule has 2 fully saturated rings. The van der Waals surface area contributed by atoms with Crippen molar-refractivity contribution in [3.63, 3.8) is 0 Å². The van der Waals surface area contributed by atoms with Crippen LogP contribution in [0, 0.1) is 23.5 Å². The maximum atomic E-state index is 14.0. The molecular formula is C22H25F2NO3. The van der Waals surface area contributed by atoms with Gasteiger partial charge in [-0.2, -0.15) is 0 Å². The molecular weight excluding hydrogens is 364 g/mol. The largest absolute Gasteiger partial charge is 0.508 e. The number of hydrogen-bond donors (Lipinski definition) is 3. The molecule has 1 saturated heterocycles. The summed E-state index contributed by atoms with van der Waals surface area (Å²) in [5.74, 6) is -0.437. The van der Waals surface area contributed by atoms with Gasteiger partial charge in [0, 0.05) is 32.1 Å². The molecule has 28 heavy (non-hydrogen) atoms. The highest BCUT2D eigenvalue weighted by Crippen LogP contribution is 2.45. The van der Waals surface area contributed by atoms with Crippen molar-refractivity contribution in [2.75, 3.05) is 19.6 Å². The predicted molar refractivity (Wildman–Crippen MR) is 101 cm³/mol. The number of halogens is 2. The van der Waals surface area contributed by atoms with Gasteiger partial charge >= 0.3 is 0 Å². The molecule has 0 amide bonds. The molecule has 4 nitrogen and oxygen atoms in total. The third-order valence-electron chi connectivity index (χ3n) is 6.18. The Morgan fingerprint density at radius 3 is 2.29 bits per heavy atom. The summed E-state index contributed by atoms with van der Waals surface area (Å²) in [4.78, 5) is 2.20. The summed E-state index contributed by atoms with van der Waals surface area (Å²) in [6, 6.07) is 10.1. The molecule has 2 aromatic carbocycles. The monoisotopic (exact) mass is 389 g/mol. The van der Waals surface area contributed by atoms with Crippen LogP contribution in [0.2, 0.25) is 0 Å². The third-order valence-corrected chi connectivity index (χ3v) is 6.18. The highest BCUT2D eigenvalue weighted by atomic mass is 19.1. The van der Waals surface area contributed by atoms with Crippen LogP contribution in [0.5, 0.6) is 5.75 Å². The first-order valence-corrected chi connectivity index (χ1v) is 9.67. The zero-order valence-electron chi connectivity index (χ0n) is 15.6. The van der Waals surface area contributed by atoms with E-state index in [2.05, 4.69) is 4.90 Å². The Kier molecular flexibility index (Phi) is 5.12. The number of hydrogen-bond acceptors (Lipinski definition) is 4. The number of fused-ring (bicyclic) bond motifs is 1. The van der Waals surface area contributed by atoms with Crippen LogP contribution in [0.1, 0.15) is 30.1 Å². The van der Waals surface area contributed by atoms with Crippen molar-refractivity contribution in [1.29, 1.82) is 0 Å². The van der Waals surface area contributed by atoms with Gasteiger partial charge in [0.2, 0.25) is 0 Å². The molecule has 1 saturated carbocycles. The summed E-state index contributed by atoms with van der Waals surface area (Å²) in [5.41, 5.74) is 0.150. The number of nitrogens with zero attached hydrogens (tertiary/aromatic N) is 1. The Hall–Kier alpha value is -2.02. The zero-order chi connectivity index (χ0) is 19.9. The van der Waals surface area contributed by atoms with Crippen molar-refractivity contribution < 1.29 is 24.1 Å². The molecule has 1 aliphatic carbocycles. The number of aliphatic hydroxyl groups excluding tert-OH is 1. The van der Waals surface area contributed by atoms with Crippen LogP contribution in [0.3, 0.4) is 0 Å². The van der Waals surface area contributed by atoms with Gasteiger partial charge in [-0.3, -0.25) is 4.90 Å². The van der Waals surface area contributed by atoms with Crippen LogP contribution >= 0.6 is 0 Å². The van der Waals surface area contributed by atoms with E-state index in [4.69, 9.17) is 0 Å². The maximum absolute atomic E-state index is 14.0. The van der Waals surface area contributed by atoms with Gasteiger partial charge in [0.05, 0.1) is 11.7 Å². The van der Waals surface area contributed by atoms with E-state index < -0.39 is 23.3 Å². The van der Waals surface area contributed by atoms with Gasteiger partial charge in [0.15, 0.2) is 0 Å². The fourth-order valence-corrected chi connectivity index (χ4v) is 4.92. The van der Waals surface area contributed by atoms with Crippen LogP contribution < -0.4 is 0 Å². The lowest BCUT2D eigenvalue weighted by molar-refractivity contribution is 0.0320.